The van der Waals surface area contributed by atoms with Gasteiger partial charge in [0.2, 0.25) is 0 Å². The molecule has 6 aliphatic rings. The van der Waals surface area contributed by atoms with E-state index in [1.165, 1.54) is 61.0 Å². The lowest BCUT2D eigenvalue weighted by Crippen LogP contribution is -2.48. The second kappa shape index (κ2) is 38.6. The fraction of sp³-hybridized carbons (Fsp3) is 0.402. The number of nitrogens with zero attached hydrogens (tertiary/aromatic N) is 6. The minimum atomic E-state index is -3.09. The van der Waals surface area contributed by atoms with Crippen molar-refractivity contribution in [3.8, 4) is 5.75 Å². The molecule has 12 aromatic carbocycles. The van der Waals surface area contributed by atoms with Crippen LogP contribution in [-0.2, 0) is 83.3 Å². The van der Waals surface area contributed by atoms with Crippen LogP contribution >= 0.6 is 0 Å². The maximum absolute atomic E-state index is 14.4. The molecule has 26 nitrogen and oxygen atoms in total. The van der Waals surface area contributed by atoms with Gasteiger partial charge in [0.1, 0.15) is 80.6 Å². The van der Waals surface area contributed by atoms with Crippen molar-refractivity contribution in [2.75, 3.05) is 110 Å². The lowest BCUT2D eigenvalue weighted by Gasteiger charge is -2.36. The van der Waals surface area contributed by atoms with Gasteiger partial charge in [0.05, 0.1) is 25.3 Å². The number of hydrogen-bond donors (Lipinski definition) is 6. The van der Waals surface area contributed by atoms with E-state index in [2.05, 4.69) is 138 Å². The molecule has 0 unspecified atom stereocenters. The summed E-state index contributed by atoms with van der Waals surface area (Å²) in [5, 5.41) is 0. The molecule has 0 spiro atoms. The minimum absolute atomic E-state index is 0.0153. The van der Waals surface area contributed by atoms with Crippen molar-refractivity contribution in [3.05, 3.63) is 310 Å². The molecule has 0 atom stereocenters. The van der Waals surface area contributed by atoms with E-state index in [0.29, 0.717) is 95.6 Å². The van der Waals surface area contributed by atoms with Gasteiger partial charge < -0.3 is 68.5 Å². The zero-order valence-corrected chi connectivity index (χ0v) is 76.0. The van der Waals surface area contributed by atoms with E-state index in [1.54, 1.807) is 17.0 Å². The fourth-order valence-corrected chi connectivity index (χ4v) is 18.5. The largest absolute Gasteiger partial charge is 0.490 e. The number of Topliss-reactive ketones (excluding diaryl/α,β-unsaturated/α-hetero) is 1. The topological polar surface area (TPSA) is 407 Å². The van der Waals surface area contributed by atoms with Crippen LogP contribution in [0.3, 0.4) is 0 Å². The normalized spacial score (nSPS) is 15.1. The van der Waals surface area contributed by atoms with Gasteiger partial charge in [-0.1, -0.05) is 168 Å². The van der Waals surface area contributed by atoms with Gasteiger partial charge in [-0.05, 0) is 204 Å². The number of aryl methyl sites for hydroxylation is 2. The lowest BCUT2D eigenvalue weighted by molar-refractivity contribution is -0.00253. The number of carbonyl (C=O) groups is 1. The van der Waals surface area contributed by atoms with Gasteiger partial charge in [0, 0.05) is 61.8 Å². The van der Waals surface area contributed by atoms with Crippen molar-refractivity contribution in [2.45, 2.75) is 186 Å². The third-order valence-electron chi connectivity index (χ3n) is 24.6. The molecule has 0 saturated heterocycles. The SMILES string of the molecule is CC(C)Cc1ccc2c(c1)CN(c1c(N)c(=O)c1=O)CC2.CC(C)Cc1ccc2c(c1)CN(c1c(N)c(=O)c1=O)CC2(F)F.CC(C)Cc1ccc2c(c1)CN(c1c(N)c(=O)c1=O)CC2=O.CC(C)Cc1ccc2c(c1)N(c1c(N)c(=O)c1=O)CCC2.CC(C)Cc1ccc2c(c1)N(c1c(N)c(=O)c1=O)CCCC2.CC(C)Cc1ccc2c(c1)N(c1c(N)c(=O)c1=O)CCO2. The zero-order chi connectivity index (χ0) is 94.2. The third-order valence-corrected chi connectivity index (χ3v) is 24.6. The summed E-state index contributed by atoms with van der Waals surface area (Å²) in [6.07, 6.45) is 11.7. The Bertz CT molecular complexity index is 6660. The predicted octanol–water partition coefficient (Wildman–Crippen LogP) is 11.3. The molecule has 0 fully saturated rings. The van der Waals surface area contributed by atoms with Crippen LogP contribution in [0.15, 0.2) is 167 Å². The Kier molecular flexibility index (Phi) is 28.0. The van der Waals surface area contributed by atoms with Gasteiger partial charge in [0.25, 0.3) is 71.1 Å². The number of alkyl halides is 2. The maximum Gasteiger partial charge on any atom is 0.290 e. The second-order valence-electron chi connectivity index (χ2n) is 37.8. The zero-order valence-electron chi connectivity index (χ0n) is 76.0. The smallest absolute Gasteiger partial charge is 0.290 e. The van der Waals surface area contributed by atoms with Gasteiger partial charge >= 0.3 is 0 Å². The Morgan fingerprint density at radius 1 is 0.308 bits per heavy atom. The first kappa shape index (κ1) is 94.3. The molecule has 130 heavy (non-hydrogen) atoms. The monoisotopic (exact) mass is 1770 g/mol. The van der Waals surface area contributed by atoms with Crippen molar-refractivity contribution < 1.29 is 18.3 Å². The average molecular weight is 1770 g/mol. The van der Waals surface area contributed by atoms with Crippen LogP contribution in [0.4, 0.5) is 94.1 Å². The van der Waals surface area contributed by atoms with Crippen molar-refractivity contribution in [1.82, 2.24) is 0 Å². The Labute approximate surface area is 751 Å². The molecule has 6 aliphatic heterocycles. The number of benzene rings is 6. The first-order valence-electron chi connectivity index (χ1n) is 44.9. The van der Waals surface area contributed by atoms with E-state index < -0.39 is 77.6 Å². The van der Waals surface area contributed by atoms with E-state index in [-0.39, 0.29) is 69.9 Å². The summed E-state index contributed by atoms with van der Waals surface area (Å²) in [6.45, 7) is 29.8. The van der Waals surface area contributed by atoms with Gasteiger partial charge in [0.15, 0.2) is 5.78 Å². The van der Waals surface area contributed by atoms with E-state index in [1.807, 2.05) is 56.0 Å². The van der Waals surface area contributed by atoms with Crippen molar-refractivity contribution in [3.63, 3.8) is 0 Å². The number of nitrogens with two attached hydrogens (primary N) is 6. The molecule has 12 aromatic rings. The van der Waals surface area contributed by atoms with E-state index in [9.17, 15) is 71.1 Å². The quantitative estimate of drug-likeness (QED) is 0.0435. The lowest BCUT2D eigenvalue weighted by atomic mass is 9.91. The summed E-state index contributed by atoms with van der Waals surface area (Å²) in [5.74, 6) is 0.839. The van der Waals surface area contributed by atoms with E-state index >= 15 is 0 Å². The highest BCUT2D eigenvalue weighted by molar-refractivity contribution is 6.03. The number of hydrogen-bond acceptors (Lipinski definition) is 26. The molecule has 0 bridgehead atoms. The van der Waals surface area contributed by atoms with Crippen LogP contribution in [-0.4, -0.2) is 51.7 Å². The summed E-state index contributed by atoms with van der Waals surface area (Å²) in [4.78, 5) is 161. The highest BCUT2D eigenvalue weighted by Crippen LogP contribution is 2.43. The Morgan fingerprint density at radius 2 is 0.646 bits per heavy atom. The number of ketones is 1. The summed E-state index contributed by atoms with van der Waals surface area (Å²) in [5.41, 5.74) is 46.1. The predicted molar refractivity (Wildman–Crippen MR) is 517 cm³/mol. The van der Waals surface area contributed by atoms with E-state index in [4.69, 9.17) is 39.1 Å². The molecule has 0 aliphatic carbocycles. The van der Waals surface area contributed by atoms with E-state index in [0.717, 1.165) is 131 Å². The molecule has 6 heterocycles. The summed E-state index contributed by atoms with van der Waals surface area (Å²) in [7, 11) is 0. The average Bonchev–Trinajstić information content (AvgIpc) is 0.956. The van der Waals surface area contributed by atoms with Crippen molar-refractivity contribution in [1.29, 1.82) is 0 Å². The molecule has 0 saturated carbocycles. The second-order valence-corrected chi connectivity index (χ2v) is 37.8. The van der Waals surface area contributed by atoms with Crippen molar-refractivity contribution >= 4 is 91.1 Å². The van der Waals surface area contributed by atoms with Crippen LogP contribution in [0, 0.1) is 35.5 Å². The summed E-state index contributed by atoms with van der Waals surface area (Å²) >= 11 is 0. The highest BCUT2D eigenvalue weighted by Gasteiger charge is 2.43. The molecule has 0 radical (unpaired) electrons. The summed E-state index contributed by atoms with van der Waals surface area (Å²) in [6, 6.07) is 36.3. The van der Waals surface area contributed by atoms with Crippen LogP contribution in [0.5, 0.6) is 5.75 Å². The molecular formula is C102H116F2N12O14. The Hall–Kier alpha value is -13.3. The number of anilines is 15. The fourth-order valence-electron chi connectivity index (χ4n) is 18.5. The molecule has 28 heteroatoms. The van der Waals surface area contributed by atoms with Crippen LogP contribution in [0.2, 0.25) is 0 Å². The molecule has 12 N–H and O–H groups in total. The first-order chi connectivity index (χ1) is 61.5. The highest BCUT2D eigenvalue weighted by atomic mass is 19.3. The van der Waals surface area contributed by atoms with Crippen LogP contribution in [0.1, 0.15) is 185 Å². The maximum atomic E-state index is 14.4. The first-order valence-corrected chi connectivity index (χ1v) is 44.9. The molecule has 18 rings (SSSR count). The number of ether oxygens (including phenoxy) is 1. The van der Waals surface area contributed by atoms with Crippen LogP contribution in [0.25, 0.3) is 0 Å². The molecule has 0 aromatic heterocycles. The number of rotatable bonds is 18. The Morgan fingerprint density at radius 3 is 1.09 bits per heavy atom. The van der Waals surface area contributed by atoms with Gasteiger partial charge in [-0.25, -0.2) is 0 Å². The number of carbonyl (C=O) groups excluding carboxylic acids is 1. The Balaban J connectivity index is 0.000000133. The molecule has 682 valence electrons. The van der Waals surface area contributed by atoms with Crippen molar-refractivity contribution in [2.24, 2.45) is 35.5 Å². The van der Waals surface area contributed by atoms with Gasteiger partial charge in [-0.2, -0.15) is 8.78 Å². The number of nitrogen functional groups attached to an aromatic ring is 6. The summed E-state index contributed by atoms with van der Waals surface area (Å²) < 4.78 is 34.5. The molecular weight excluding hydrogens is 1660 g/mol. The van der Waals surface area contributed by atoms with Gasteiger partial charge in [-0.15, -0.1) is 0 Å². The van der Waals surface area contributed by atoms with Crippen LogP contribution < -0.4 is 134 Å². The van der Waals surface area contributed by atoms with Gasteiger partial charge in [-0.3, -0.25) is 62.3 Å². The third kappa shape index (κ3) is 19.5. The number of halogens is 2. The minimum Gasteiger partial charge on any atom is -0.490 e. The standard InChI is InChI=1S/C18H22N2O2.C17H18F2N2O2.C17H18N2O3.2C17H20N2O2.C16H18N2O3/c1-11(2)9-12-6-7-13-5-3-4-8-20(14(13)10-12)16-15(19)17(21)18(16)22;1-9(2)5-10-3-4-12-11(6-10)7-21(8-17(12,18)19)14-13(20)15(22)16(14)23;1-9(2)5-10-3-4-12-11(6-10)7-19(8-13(12)20)15-14(18)16(21)17(15)22;1-10(2)7-11-3-4-12-5-6-19(9-13(12)8-11)15-14(18)16(20)17(15)21;1-10(2)8-11-5-6-12-4-3-7-19(13(12)9-11)15-14(18)16(20)17(15)21;1-9(2)7-10-3-4-12-11(8-10)18(5-6-21-12)14-13(17)15(19)16(14)20/h6-7,10-11H,3-5,8-9,19H2,1-2H3;3-4,6,9H,5,7-8,20H2,1-2H3;3-4,6,9H,5,7-8,18H2,1-2H3;3-4,8,10H,5-7,9,18H2,1-2H3;5-6,9-10H,3-4,7-8,18H2,1-2H3;3-4,8-9H,5-7,17H2,1-2H3. The molecule has 0 amide bonds. The number of fused-ring (bicyclic) bond motifs is 6.